The van der Waals surface area contributed by atoms with Gasteiger partial charge in [0, 0.05) is 19.3 Å². The first-order valence-corrected chi connectivity index (χ1v) is 6.13. The minimum atomic E-state index is -0.826. The van der Waals surface area contributed by atoms with Gasteiger partial charge in [-0.25, -0.2) is 0 Å². The van der Waals surface area contributed by atoms with Crippen LogP contribution in [0.4, 0.5) is 0 Å². The van der Waals surface area contributed by atoms with Gasteiger partial charge < -0.3 is 15.1 Å². The van der Waals surface area contributed by atoms with Crippen molar-refractivity contribution in [2.24, 2.45) is 0 Å². The van der Waals surface area contributed by atoms with E-state index in [9.17, 15) is 14.4 Å². The van der Waals surface area contributed by atoms with Gasteiger partial charge in [-0.3, -0.25) is 24.7 Å². The molecule has 0 fully saturated rings. The van der Waals surface area contributed by atoms with Crippen LogP contribution in [0, 0.1) is 0 Å². The number of carbonyl (C=O) groups is 3. The number of fused-ring (bicyclic) bond motifs is 1. The fourth-order valence-corrected chi connectivity index (χ4v) is 1.89. The third-order valence-corrected chi connectivity index (χ3v) is 2.91. The predicted molar refractivity (Wildman–Crippen MR) is 73.4 cm³/mol. The highest BCUT2D eigenvalue weighted by molar-refractivity contribution is 5.96. The van der Waals surface area contributed by atoms with Crippen LogP contribution >= 0.6 is 0 Å². The second-order valence-corrected chi connectivity index (χ2v) is 4.18. The third kappa shape index (κ3) is 2.90. The summed E-state index contributed by atoms with van der Waals surface area (Å²) < 4.78 is 5.54. The van der Waals surface area contributed by atoms with E-state index in [0.717, 1.165) is 0 Å². The fraction of sp³-hybridized carbons (Fsp3) is 0.231. The van der Waals surface area contributed by atoms with Gasteiger partial charge in [0.1, 0.15) is 17.3 Å². The van der Waals surface area contributed by atoms with Crippen molar-refractivity contribution in [1.82, 2.24) is 20.9 Å². The molecule has 0 aliphatic rings. The van der Waals surface area contributed by atoms with E-state index in [4.69, 9.17) is 4.42 Å². The number of aromatic nitrogens is 1. The summed E-state index contributed by atoms with van der Waals surface area (Å²) in [6.07, 6.45) is 1.72. The van der Waals surface area contributed by atoms with E-state index in [-0.39, 0.29) is 5.91 Å². The van der Waals surface area contributed by atoms with E-state index < -0.39 is 11.9 Å². The van der Waals surface area contributed by atoms with Crippen molar-refractivity contribution in [2.75, 3.05) is 14.1 Å². The monoisotopic (exact) mass is 290 g/mol. The summed E-state index contributed by atoms with van der Waals surface area (Å²) in [6.45, 7) is 0. The zero-order valence-electron chi connectivity index (χ0n) is 11.5. The Balaban J connectivity index is 2.39. The van der Waals surface area contributed by atoms with Gasteiger partial charge >= 0.3 is 0 Å². The van der Waals surface area contributed by atoms with Gasteiger partial charge in [-0.1, -0.05) is 0 Å². The molecule has 1 unspecified atom stereocenters. The maximum atomic E-state index is 11.7. The number of imide groups is 1. The number of furan rings is 1. The number of likely N-dealkylation sites (N-methyl/N-ethyl adjacent to an activating group) is 1. The summed E-state index contributed by atoms with van der Waals surface area (Å²) in [6, 6.07) is 2.29. The number of hydrogen-bond donors (Lipinski definition) is 3. The summed E-state index contributed by atoms with van der Waals surface area (Å²) in [5.74, 6) is -0.530. The van der Waals surface area contributed by atoms with Gasteiger partial charge in [-0.15, -0.1) is 0 Å². The molecule has 0 aliphatic heterocycles. The summed E-state index contributed by atoms with van der Waals surface area (Å²) in [5, 5.41) is 7.28. The van der Waals surface area contributed by atoms with Crippen molar-refractivity contribution >= 4 is 29.3 Å². The Morgan fingerprint density at radius 2 is 2.10 bits per heavy atom. The maximum Gasteiger partial charge on any atom is 0.252 e. The Bertz CT molecular complexity index is 695. The number of nitrogens with zero attached hydrogens (tertiary/aromatic N) is 1. The van der Waals surface area contributed by atoms with Gasteiger partial charge in [-0.2, -0.15) is 0 Å². The highest BCUT2D eigenvalue weighted by Gasteiger charge is 2.23. The predicted octanol–water partition coefficient (Wildman–Crippen LogP) is -0.279. The standard InChI is InChI=1S/C13H14N4O4/c1-14-11(13(20)17-6-18)10-4-8-9(21-10)3-7(5-16-8)12(19)15-2/h3-6,11,14H,1-2H3,(H,15,19)(H,17,18,20). The van der Waals surface area contributed by atoms with Gasteiger partial charge in [0.15, 0.2) is 5.58 Å². The van der Waals surface area contributed by atoms with Crippen LogP contribution in [-0.2, 0) is 9.59 Å². The number of rotatable bonds is 5. The molecule has 1 atom stereocenters. The van der Waals surface area contributed by atoms with E-state index >= 15 is 0 Å². The highest BCUT2D eigenvalue weighted by atomic mass is 16.3. The molecule has 0 aromatic carbocycles. The molecule has 2 aromatic heterocycles. The number of amides is 3. The van der Waals surface area contributed by atoms with Crippen LogP contribution in [0.25, 0.3) is 11.1 Å². The molecule has 0 radical (unpaired) electrons. The van der Waals surface area contributed by atoms with Crippen LogP contribution in [0.3, 0.4) is 0 Å². The molecule has 0 bridgehead atoms. The lowest BCUT2D eigenvalue weighted by Crippen LogP contribution is -2.34. The van der Waals surface area contributed by atoms with Crippen molar-refractivity contribution in [1.29, 1.82) is 0 Å². The first-order chi connectivity index (χ1) is 10.1. The molecule has 2 heterocycles. The Labute approximate surface area is 119 Å². The topological polar surface area (TPSA) is 113 Å². The number of pyridine rings is 1. The second-order valence-electron chi connectivity index (χ2n) is 4.18. The Morgan fingerprint density at radius 1 is 1.33 bits per heavy atom. The van der Waals surface area contributed by atoms with E-state index in [1.807, 2.05) is 0 Å². The molecule has 21 heavy (non-hydrogen) atoms. The SMILES string of the molecule is CNC(=O)c1cnc2cc(C(NC)C(=O)NC=O)oc2c1. The van der Waals surface area contributed by atoms with Crippen LogP contribution in [0.1, 0.15) is 22.2 Å². The minimum Gasteiger partial charge on any atom is -0.457 e. The molecular weight excluding hydrogens is 276 g/mol. The quantitative estimate of drug-likeness (QED) is 0.653. The van der Waals surface area contributed by atoms with Crippen molar-refractivity contribution in [3.63, 3.8) is 0 Å². The highest BCUT2D eigenvalue weighted by Crippen LogP contribution is 2.23. The zero-order chi connectivity index (χ0) is 15.4. The van der Waals surface area contributed by atoms with E-state index in [2.05, 4.69) is 20.9 Å². The Hall–Kier alpha value is -2.74. The normalized spacial score (nSPS) is 11.9. The van der Waals surface area contributed by atoms with Crippen molar-refractivity contribution in [3.05, 3.63) is 29.7 Å². The average Bonchev–Trinajstić information content (AvgIpc) is 2.89. The first-order valence-electron chi connectivity index (χ1n) is 6.13. The largest absolute Gasteiger partial charge is 0.457 e. The zero-order valence-corrected chi connectivity index (χ0v) is 11.5. The summed E-state index contributed by atoms with van der Waals surface area (Å²) in [7, 11) is 3.08. The molecule has 8 heteroatoms. The van der Waals surface area contributed by atoms with Crippen molar-refractivity contribution in [2.45, 2.75) is 6.04 Å². The summed E-state index contributed by atoms with van der Waals surface area (Å²) >= 11 is 0. The molecule has 110 valence electrons. The van der Waals surface area contributed by atoms with Gasteiger partial charge in [-0.05, 0) is 13.1 Å². The molecule has 3 N–H and O–H groups in total. The van der Waals surface area contributed by atoms with Crippen LogP contribution in [-0.4, -0.2) is 37.3 Å². The minimum absolute atomic E-state index is 0.286. The van der Waals surface area contributed by atoms with Crippen LogP contribution < -0.4 is 16.0 Å². The summed E-state index contributed by atoms with van der Waals surface area (Å²) in [4.78, 5) is 37.7. The van der Waals surface area contributed by atoms with Gasteiger partial charge in [0.05, 0.1) is 5.56 Å². The lowest BCUT2D eigenvalue weighted by Gasteiger charge is -2.10. The number of hydrogen-bond acceptors (Lipinski definition) is 6. The first kappa shape index (κ1) is 14.7. The number of nitrogens with one attached hydrogen (secondary N) is 3. The Morgan fingerprint density at radius 3 is 2.71 bits per heavy atom. The second kappa shape index (κ2) is 6.14. The van der Waals surface area contributed by atoms with Crippen LogP contribution in [0.2, 0.25) is 0 Å². The molecule has 0 saturated carbocycles. The molecule has 0 spiro atoms. The third-order valence-electron chi connectivity index (χ3n) is 2.91. The van der Waals surface area contributed by atoms with E-state index in [1.165, 1.54) is 19.3 Å². The van der Waals surface area contributed by atoms with E-state index in [1.54, 1.807) is 13.1 Å². The lowest BCUT2D eigenvalue weighted by molar-refractivity contribution is -0.127. The van der Waals surface area contributed by atoms with Gasteiger partial charge in [0.25, 0.3) is 11.8 Å². The van der Waals surface area contributed by atoms with Crippen molar-refractivity contribution < 1.29 is 18.8 Å². The Kier molecular flexibility index (Phi) is 4.29. The van der Waals surface area contributed by atoms with Crippen molar-refractivity contribution in [3.8, 4) is 0 Å². The molecular formula is C13H14N4O4. The molecule has 0 saturated heterocycles. The van der Waals surface area contributed by atoms with Crippen LogP contribution in [0.15, 0.2) is 22.7 Å². The van der Waals surface area contributed by atoms with Crippen LogP contribution in [0.5, 0.6) is 0 Å². The fourth-order valence-electron chi connectivity index (χ4n) is 1.89. The maximum absolute atomic E-state index is 11.7. The van der Waals surface area contributed by atoms with Gasteiger partial charge in [0.2, 0.25) is 6.41 Å². The lowest BCUT2D eigenvalue weighted by atomic mass is 10.2. The molecule has 2 aromatic rings. The average molecular weight is 290 g/mol. The molecule has 0 aliphatic carbocycles. The molecule has 8 nitrogen and oxygen atoms in total. The molecule has 3 amide bonds. The summed E-state index contributed by atoms with van der Waals surface area (Å²) in [5.41, 5.74) is 1.24. The smallest absolute Gasteiger partial charge is 0.252 e. The molecule has 2 rings (SSSR count). The number of carbonyl (C=O) groups excluding carboxylic acids is 3. The van der Waals surface area contributed by atoms with E-state index in [0.29, 0.717) is 28.8 Å².